The Morgan fingerprint density at radius 2 is 2.05 bits per heavy atom. The third kappa shape index (κ3) is 3.99. The molecule has 2 rings (SSSR count). The Balaban J connectivity index is 1.86. The topological polar surface area (TPSA) is 39.1 Å². The van der Waals surface area contributed by atoms with Gasteiger partial charge in [-0.05, 0) is 70.4 Å². The van der Waals surface area contributed by atoms with E-state index in [0.717, 1.165) is 18.3 Å². The lowest BCUT2D eigenvalue weighted by Gasteiger charge is -2.33. The fraction of sp³-hybridized carbons (Fsp3) is 0.944. The molecule has 1 saturated heterocycles. The van der Waals surface area contributed by atoms with E-state index in [-0.39, 0.29) is 5.54 Å². The zero-order valence-corrected chi connectivity index (χ0v) is 14.4. The molecule has 0 aromatic rings. The number of rotatable bonds is 6. The first kappa shape index (κ1) is 16.8. The summed E-state index contributed by atoms with van der Waals surface area (Å²) in [6.45, 7) is 12.7. The van der Waals surface area contributed by atoms with Crippen LogP contribution in [0.1, 0.15) is 59.8 Å². The summed E-state index contributed by atoms with van der Waals surface area (Å²) in [5.41, 5.74) is -0.259. The molecule has 1 aliphatic heterocycles. The molecule has 0 aromatic heterocycles. The van der Waals surface area contributed by atoms with Crippen LogP contribution in [0.3, 0.4) is 0 Å². The first-order valence-corrected chi connectivity index (χ1v) is 8.88. The average molecular weight is 291 g/mol. The zero-order chi connectivity index (χ0) is 15.5. The van der Waals surface area contributed by atoms with E-state index in [1.807, 2.05) is 0 Å². The lowest BCUT2D eigenvalue weighted by Crippen LogP contribution is -2.50. The number of hydrogen-bond donors (Lipinski definition) is 1. The van der Waals surface area contributed by atoms with Crippen LogP contribution in [0.4, 0.5) is 0 Å². The second-order valence-corrected chi connectivity index (χ2v) is 7.85. The molecule has 120 valence electrons. The van der Waals surface area contributed by atoms with Gasteiger partial charge >= 0.3 is 0 Å². The first-order chi connectivity index (χ1) is 9.97. The Bertz CT molecular complexity index is 371. The van der Waals surface area contributed by atoms with Crippen molar-refractivity contribution in [1.29, 1.82) is 5.26 Å². The van der Waals surface area contributed by atoms with Crippen molar-refractivity contribution < 1.29 is 0 Å². The van der Waals surface area contributed by atoms with Crippen LogP contribution in [0.15, 0.2) is 0 Å². The molecular weight excluding hydrogens is 258 g/mol. The standard InChI is InChI=1S/C18H33N3/c1-14(2)16-7-10-21(12-16)11-8-17-6-5-9-18(17,13-19)20-15(3)4/h14-17,20H,5-12H2,1-4H3. The summed E-state index contributed by atoms with van der Waals surface area (Å²) >= 11 is 0. The summed E-state index contributed by atoms with van der Waals surface area (Å²) in [4.78, 5) is 2.63. The Labute approximate surface area is 131 Å². The zero-order valence-electron chi connectivity index (χ0n) is 14.4. The molecule has 3 heteroatoms. The molecule has 21 heavy (non-hydrogen) atoms. The third-order valence-corrected chi connectivity index (χ3v) is 5.61. The van der Waals surface area contributed by atoms with Gasteiger partial charge in [-0.1, -0.05) is 20.3 Å². The fourth-order valence-electron chi connectivity index (χ4n) is 4.30. The van der Waals surface area contributed by atoms with Crippen molar-refractivity contribution in [2.24, 2.45) is 17.8 Å². The van der Waals surface area contributed by atoms with E-state index in [1.165, 1.54) is 45.3 Å². The number of nitrogens with zero attached hydrogens (tertiary/aromatic N) is 2. The van der Waals surface area contributed by atoms with Crippen molar-refractivity contribution in [2.45, 2.75) is 71.4 Å². The van der Waals surface area contributed by atoms with E-state index in [1.54, 1.807) is 0 Å². The fourth-order valence-corrected chi connectivity index (χ4v) is 4.30. The lowest BCUT2D eigenvalue weighted by atomic mass is 9.85. The largest absolute Gasteiger partial charge is 0.303 e. The molecule has 0 aromatic carbocycles. The summed E-state index contributed by atoms with van der Waals surface area (Å²) in [6, 6.07) is 3.02. The molecule has 1 saturated carbocycles. The van der Waals surface area contributed by atoms with Crippen LogP contribution in [-0.4, -0.2) is 36.1 Å². The van der Waals surface area contributed by atoms with Gasteiger partial charge in [0.05, 0.1) is 6.07 Å². The summed E-state index contributed by atoms with van der Waals surface area (Å²) in [5, 5.41) is 13.3. The van der Waals surface area contributed by atoms with E-state index in [2.05, 4.69) is 44.0 Å². The van der Waals surface area contributed by atoms with Gasteiger partial charge in [0.25, 0.3) is 0 Å². The Morgan fingerprint density at radius 3 is 2.62 bits per heavy atom. The smallest absolute Gasteiger partial charge is 0.109 e. The lowest BCUT2D eigenvalue weighted by molar-refractivity contribution is 0.232. The summed E-state index contributed by atoms with van der Waals surface area (Å²) in [7, 11) is 0. The molecular formula is C18H33N3. The highest BCUT2D eigenvalue weighted by atomic mass is 15.1. The molecule has 0 spiro atoms. The molecule has 3 unspecified atom stereocenters. The second-order valence-electron chi connectivity index (χ2n) is 7.85. The van der Waals surface area contributed by atoms with Crippen molar-refractivity contribution in [2.75, 3.05) is 19.6 Å². The Hall–Kier alpha value is -0.590. The van der Waals surface area contributed by atoms with Gasteiger partial charge < -0.3 is 4.90 Å². The monoisotopic (exact) mass is 291 g/mol. The van der Waals surface area contributed by atoms with E-state index in [0.29, 0.717) is 12.0 Å². The molecule has 1 aliphatic carbocycles. The maximum atomic E-state index is 9.72. The third-order valence-electron chi connectivity index (χ3n) is 5.61. The van der Waals surface area contributed by atoms with Crippen molar-refractivity contribution in [3.8, 4) is 6.07 Å². The van der Waals surface area contributed by atoms with Gasteiger partial charge in [-0.3, -0.25) is 5.32 Å². The van der Waals surface area contributed by atoms with Gasteiger partial charge in [0, 0.05) is 12.6 Å². The van der Waals surface area contributed by atoms with E-state index < -0.39 is 0 Å². The summed E-state index contributed by atoms with van der Waals surface area (Å²) in [6.07, 6.45) is 5.98. The summed E-state index contributed by atoms with van der Waals surface area (Å²) < 4.78 is 0. The number of nitriles is 1. The van der Waals surface area contributed by atoms with Gasteiger partial charge in [0.15, 0.2) is 0 Å². The van der Waals surface area contributed by atoms with Crippen LogP contribution in [0.5, 0.6) is 0 Å². The van der Waals surface area contributed by atoms with Crippen LogP contribution in [-0.2, 0) is 0 Å². The number of hydrogen-bond acceptors (Lipinski definition) is 3. The molecule has 1 heterocycles. The Kier molecular flexibility index (Phi) is 5.68. The highest BCUT2D eigenvalue weighted by Gasteiger charge is 2.43. The normalized spacial score (nSPS) is 34.0. The van der Waals surface area contributed by atoms with Crippen LogP contribution < -0.4 is 5.32 Å². The van der Waals surface area contributed by atoms with Crippen LogP contribution in [0, 0.1) is 29.1 Å². The average Bonchev–Trinajstić information content (AvgIpc) is 3.03. The second kappa shape index (κ2) is 7.11. The predicted octanol–water partition coefficient (Wildman–Crippen LogP) is 3.41. The Morgan fingerprint density at radius 1 is 1.29 bits per heavy atom. The number of nitrogens with one attached hydrogen (secondary N) is 1. The summed E-state index contributed by atoms with van der Waals surface area (Å²) in [5.74, 6) is 2.22. The van der Waals surface area contributed by atoms with Gasteiger partial charge in [-0.15, -0.1) is 0 Å². The number of likely N-dealkylation sites (tertiary alicyclic amines) is 1. The van der Waals surface area contributed by atoms with Crippen LogP contribution in [0.25, 0.3) is 0 Å². The van der Waals surface area contributed by atoms with Gasteiger partial charge in [-0.25, -0.2) is 0 Å². The van der Waals surface area contributed by atoms with Gasteiger partial charge in [0.2, 0.25) is 0 Å². The molecule has 1 N–H and O–H groups in total. The molecule has 2 fully saturated rings. The minimum absolute atomic E-state index is 0.259. The maximum Gasteiger partial charge on any atom is 0.109 e. The van der Waals surface area contributed by atoms with E-state index in [4.69, 9.17) is 0 Å². The minimum atomic E-state index is -0.259. The van der Waals surface area contributed by atoms with E-state index >= 15 is 0 Å². The van der Waals surface area contributed by atoms with Crippen molar-refractivity contribution >= 4 is 0 Å². The van der Waals surface area contributed by atoms with Gasteiger partial charge in [0.1, 0.15) is 5.54 Å². The molecule has 0 bridgehead atoms. The van der Waals surface area contributed by atoms with E-state index in [9.17, 15) is 5.26 Å². The van der Waals surface area contributed by atoms with Crippen LogP contribution in [0.2, 0.25) is 0 Å². The predicted molar refractivity (Wildman–Crippen MR) is 88.0 cm³/mol. The minimum Gasteiger partial charge on any atom is -0.303 e. The van der Waals surface area contributed by atoms with Crippen molar-refractivity contribution in [3.05, 3.63) is 0 Å². The molecule has 3 atom stereocenters. The van der Waals surface area contributed by atoms with Crippen molar-refractivity contribution in [1.82, 2.24) is 10.2 Å². The molecule has 0 amide bonds. The first-order valence-electron chi connectivity index (χ1n) is 8.88. The molecule has 2 aliphatic rings. The van der Waals surface area contributed by atoms with Crippen LogP contribution >= 0.6 is 0 Å². The molecule has 3 nitrogen and oxygen atoms in total. The molecule has 0 radical (unpaired) electrons. The van der Waals surface area contributed by atoms with Gasteiger partial charge in [-0.2, -0.15) is 5.26 Å². The highest BCUT2D eigenvalue weighted by molar-refractivity contribution is 5.14. The highest BCUT2D eigenvalue weighted by Crippen LogP contribution is 2.38. The SMILES string of the molecule is CC(C)NC1(C#N)CCCC1CCN1CCC(C(C)C)C1. The van der Waals surface area contributed by atoms with Crippen molar-refractivity contribution in [3.63, 3.8) is 0 Å². The maximum absolute atomic E-state index is 9.72. The quantitative estimate of drug-likeness (QED) is 0.815.